The molecule has 2 nitrogen and oxygen atoms in total. The van der Waals surface area contributed by atoms with E-state index in [1.165, 1.54) is 48.8 Å². The monoisotopic (exact) mass is 463 g/mol. The Morgan fingerprint density at radius 1 is 0.800 bits per heavy atom. The number of aromatic nitrogens is 2. The van der Waals surface area contributed by atoms with Crippen LogP contribution in [0.4, 0.5) is 4.39 Å². The van der Waals surface area contributed by atoms with E-state index in [1.54, 1.807) is 6.07 Å². The molecule has 0 aliphatic heterocycles. The number of fused-ring (bicyclic) bond motifs is 3. The fourth-order valence-electron chi connectivity index (χ4n) is 6.24. The Morgan fingerprint density at radius 3 is 2.20 bits per heavy atom. The highest BCUT2D eigenvalue weighted by Gasteiger charge is 2.23. The molecule has 1 aliphatic rings. The van der Waals surface area contributed by atoms with Crippen LogP contribution >= 0.6 is 0 Å². The third-order valence-corrected chi connectivity index (χ3v) is 8.06. The highest BCUT2D eigenvalue weighted by molar-refractivity contribution is 6.16. The maximum Gasteiger partial charge on any atom is 0.214 e. The maximum atomic E-state index is 15.5. The fraction of sp³-hybridized carbons (Fsp3) is 0.281. The first kappa shape index (κ1) is 22.0. The van der Waals surface area contributed by atoms with Crippen LogP contribution in [0.3, 0.4) is 0 Å². The number of rotatable bonds is 3. The molecule has 0 unspecified atom stereocenters. The molecule has 35 heavy (non-hydrogen) atoms. The van der Waals surface area contributed by atoms with Crippen molar-refractivity contribution in [1.29, 1.82) is 0 Å². The van der Waals surface area contributed by atoms with Gasteiger partial charge in [-0.3, -0.25) is 0 Å². The predicted molar refractivity (Wildman–Crippen MR) is 143 cm³/mol. The van der Waals surface area contributed by atoms with E-state index in [9.17, 15) is 0 Å². The maximum absolute atomic E-state index is 15.5. The van der Waals surface area contributed by atoms with E-state index in [0.717, 1.165) is 33.1 Å². The summed E-state index contributed by atoms with van der Waals surface area (Å²) in [6.07, 6.45) is 8.60. The third kappa shape index (κ3) is 3.56. The molecule has 3 heteroatoms. The average molecular weight is 464 g/mol. The Balaban J connectivity index is 1.59. The van der Waals surface area contributed by atoms with Crippen molar-refractivity contribution in [3.05, 3.63) is 89.9 Å². The van der Waals surface area contributed by atoms with E-state index in [4.69, 9.17) is 0 Å². The minimum atomic E-state index is -0.169. The lowest BCUT2D eigenvalue weighted by Crippen LogP contribution is -2.30. The number of nitrogens with zero attached hydrogens (tertiary/aromatic N) is 2. The molecular formula is C32H32FN2+. The van der Waals surface area contributed by atoms with Gasteiger partial charge in [0.05, 0.1) is 16.6 Å². The van der Waals surface area contributed by atoms with E-state index in [-0.39, 0.29) is 5.82 Å². The summed E-state index contributed by atoms with van der Waals surface area (Å²) < 4.78 is 19.9. The predicted octanol–water partition coefficient (Wildman–Crippen LogP) is 7.99. The number of hydrogen-bond acceptors (Lipinski definition) is 0. The number of hydrogen-bond donors (Lipinski definition) is 0. The first-order valence-electron chi connectivity index (χ1n) is 12.8. The van der Waals surface area contributed by atoms with Crippen LogP contribution in [0.5, 0.6) is 0 Å². The Kier molecular flexibility index (Phi) is 5.44. The minimum Gasteiger partial charge on any atom is -0.342 e. The molecule has 0 atom stereocenters. The topological polar surface area (TPSA) is 8.81 Å². The van der Waals surface area contributed by atoms with Crippen molar-refractivity contribution in [3.8, 4) is 22.4 Å². The zero-order chi connectivity index (χ0) is 24.1. The highest BCUT2D eigenvalue weighted by Crippen LogP contribution is 2.41. The molecule has 0 bridgehead atoms. The van der Waals surface area contributed by atoms with Crippen molar-refractivity contribution in [2.75, 3.05) is 0 Å². The molecule has 0 spiro atoms. The van der Waals surface area contributed by atoms with Gasteiger partial charge in [0.25, 0.3) is 0 Å². The summed E-state index contributed by atoms with van der Waals surface area (Å²) in [4.78, 5) is 0. The average Bonchev–Trinajstić information content (AvgIpc) is 3.17. The molecule has 2 heterocycles. The lowest BCUT2D eigenvalue weighted by atomic mass is 9.83. The van der Waals surface area contributed by atoms with Gasteiger partial charge in [0.15, 0.2) is 6.20 Å². The quantitative estimate of drug-likeness (QED) is 0.240. The van der Waals surface area contributed by atoms with Crippen LogP contribution in [0.1, 0.15) is 49.1 Å². The lowest BCUT2D eigenvalue weighted by molar-refractivity contribution is -0.660. The van der Waals surface area contributed by atoms with Crippen molar-refractivity contribution < 1.29 is 8.96 Å². The van der Waals surface area contributed by atoms with Gasteiger partial charge in [-0.05, 0) is 60.6 Å². The van der Waals surface area contributed by atoms with E-state index in [2.05, 4.69) is 84.9 Å². The second kappa shape index (κ2) is 8.64. The van der Waals surface area contributed by atoms with Crippen LogP contribution in [-0.2, 0) is 14.1 Å². The van der Waals surface area contributed by atoms with Crippen molar-refractivity contribution >= 4 is 21.8 Å². The summed E-state index contributed by atoms with van der Waals surface area (Å²) in [5.74, 6) is 0.477. The zero-order valence-corrected chi connectivity index (χ0v) is 20.8. The van der Waals surface area contributed by atoms with Crippen LogP contribution in [0.25, 0.3) is 44.2 Å². The molecule has 0 radical (unpaired) electrons. The van der Waals surface area contributed by atoms with E-state index in [1.807, 2.05) is 12.1 Å². The Morgan fingerprint density at radius 2 is 1.49 bits per heavy atom. The normalized spacial score (nSPS) is 14.7. The second-order valence-corrected chi connectivity index (χ2v) is 10.2. The zero-order valence-electron chi connectivity index (χ0n) is 20.8. The Hall–Kier alpha value is -3.46. The van der Waals surface area contributed by atoms with Gasteiger partial charge < -0.3 is 4.57 Å². The van der Waals surface area contributed by atoms with Crippen LogP contribution in [0.15, 0.2) is 72.9 Å². The molecule has 0 N–H and O–H groups in total. The Labute approximate surface area is 206 Å². The van der Waals surface area contributed by atoms with Crippen LogP contribution in [0, 0.1) is 12.7 Å². The SMILES string of the molecule is Cc1ccc2c3ccc(F)c(-c4ccc(C5CCCCC5)cc4)c3n(C)c2c1-c1cccc[n+]1C. The second-order valence-electron chi connectivity index (χ2n) is 10.2. The van der Waals surface area contributed by atoms with Crippen molar-refractivity contribution in [1.82, 2.24) is 4.57 Å². The molecule has 1 fully saturated rings. The number of benzene rings is 3. The summed E-state index contributed by atoms with van der Waals surface area (Å²) in [5.41, 5.74) is 8.70. The summed E-state index contributed by atoms with van der Waals surface area (Å²) >= 11 is 0. The molecule has 1 saturated carbocycles. The molecule has 1 aliphatic carbocycles. The highest BCUT2D eigenvalue weighted by atomic mass is 19.1. The molecule has 3 aromatic carbocycles. The minimum absolute atomic E-state index is 0.169. The molecule has 6 rings (SSSR count). The molecule has 2 aromatic heterocycles. The number of pyridine rings is 1. The van der Waals surface area contributed by atoms with Gasteiger partial charge in [0.1, 0.15) is 12.9 Å². The van der Waals surface area contributed by atoms with Crippen LogP contribution < -0.4 is 4.57 Å². The first-order valence-corrected chi connectivity index (χ1v) is 12.8. The lowest BCUT2D eigenvalue weighted by Gasteiger charge is -2.22. The van der Waals surface area contributed by atoms with E-state index >= 15 is 4.39 Å². The smallest absolute Gasteiger partial charge is 0.214 e. The van der Waals surface area contributed by atoms with Crippen molar-refractivity contribution in [2.45, 2.75) is 44.9 Å². The summed E-state index contributed by atoms with van der Waals surface area (Å²) in [6, 6.07) is 22.9. The van der Waals surface area contributed by atoms with Gasteiger partial charge in [-0.1, -0.05) is 55.7 Å². The fourth-order valence-corrected chi connectivity index (χ4v) is 6.24. The van der Waals surface area contributed by atoms with Crippen molar-refractivity contribution in [2.24, 2.45) is 14.1 Å². The van der Waals surface area contributed by atoms with Gasteiger partial charge in [-0.2, -0.15) is 0 Å². The largest absolute Gasteiger partial charge is 0.342 e. The third-order valence-electron chi connectivity index (χ3n) is 8.06. The molecular weight excluding hydrogens is 431 g/mol. The van der Waals surface area contributed by atoms with Gasteiger partial charge in [0.2, 0.25) is 5.69 Å². The number of halogens is 1. The van der Waals surface area contributed by atoms with E-state index in [0.29, 0.717) is 11.5 Å². The van der Waals surface area contributed by atoms with Gasteiger partial charge >= 0.3 is 0 Å². The standard InChI is InChI=1S/C32H32FN2/c1-21-12-17-25-26-18-19-27(33)30(24-15-13-23(14-16-24)22-9-5-4-6-10-22)32(26)35(3)31(25)29(21)28-11-7-8-20-34(28)2/h7-8,11-20,22H,4-6,9-10H2,1-3H3/q+1. The summed E-state index contributed by atoms with van der Waals surface area (Å²) in [5, 5.41) is 2.25. The Bertz CT molecular complexity index is 1550. The van der Waals surface area contributed by atoms with Crippen LogP contribution in [-0.4, -0.2) is 4.57 Å². The van der Waals surface area contributed by atoms with Crippen LogP contribution in [0.2, 0.25) is 0 Å². The van der Waals surface area contributed by atoms with Gasteiger partial charge in [-0.25, -0.2) is 8.96 Å². The molecule has 0 saturated heterocycles. The molecule has 176 valence electrons. The van der Waals surface area contributed by atoms with E-state index < -0.39 is 0 Å². The molecule has 5 aromatic rings. The van der Waals surface area contributed by atoms with Crippen molar-refractivity contribution in [3.63, 3.8) is 0 Å². The number of aryl methyl sites for hydroxylation is 3. The van der Waals surface area contributed by atoms with Gasteiger partial charge in [-0.15, -0.1) is 0 Å². The first-order chi connectivity index (χ1) is 17.0. The summed E-state index contributed by atoms with van der Waals surface area (Å²) in [6.45, 7) is 2.16. The van der Waals surface area contributed by atoms with Gasteiger partial charge in [0, 0.05) is 35.5 Å². The molecule has 0 amide bonds. The summed E-state index contributed by atoms with van der Waals surface area (Å²) in [7, 11) is 4.16.